The van der Waals surface area contributed by atoms with Gasteiger partial charge in [0.15, 0.2) is 5.82 Å². The number of nitrogens with one attached hydrogen (secondary N) is 1. The van der Waals surface area contributed by atoms with Gasteiger partial charge in [-0.3, -0.25) is 0 Å². The molecule has 0 radical (unpaired) electrons. The van der Waals surface area contributed by atoms with E-state index < -0.39 is 0 Å². The lowest BCUT2D eigenvalue weighted by Crippen LogP contribution is -3.12. The van der Waals surface area contributed by atoms with Crippen LogP contribution >= 0.6 is 0 Å². The zero-order chi connectivity index (χ0) is 14.5. The van der Waals surface area contributed by atoms with Gasteiger partial charge in [0.05, 0.1) is 43.8 Å². The molecule has 0 bridgehead atoms. The minimum atomic E-state index is 0.234. The summed E-state index contributed by atoms with van der Waals surface area (Å²) in [6, 6.07) is 1.77. The number of aromatic nitrogens is 1. The lowest BCUT2D eigenvalue weighted by molar-refractivity contribution is -0.899. The maximum absolute atomic E-state index is 6.02. The van der Waals surface area contributed by atoms with E-state index in [9.17, 15) is 0 Å². The fraction of sp³-hybridized carbons (Fsp3) is 0.643. The quantitative estimate of drug-likeness (QED) is 0.669. The average Bonchev–Trinajstić information content (AvgIpc) is 2.45. The summed E-state index contributed by atoms with van der Waals surface area (Å²) in [4.78, 5) is 8.12. The van der Waals surface area contributed by atoms with Crippen molar-refractivity contribution in [2.24, 2.45) is 0 Å². The number of morpholine rings is 1. The van der Waals surface area contributed by atoms with Crippen LogP contribution in [0.25, 0.3) is 0 Å². The summed E-state index contributed by atoms with van der Waals surface area (Å²) in [6.45, 7) is 10.1. The molecule has 0 amide bonds. The molecule has 0 aromatic carbocycles. The van der Waals surface area contributed by atoms with Crippen molar-refractivity contribution in [2.75, 3.05) is 55.7 Å². The predicted octanol–water partition coefficient (Wildman–Crippen LogP) is -0.624. The number of quaternary nitrogens is 1. The molecule has 6 heteroatoms. The van der Waals surface area contributed by atoms with Gasteiger partial charge in [-0.2, -0.15) is 0 Å². The zero-order valence-electron chi connectivity index (χ0n) is 12.4. The SMILES string of the molecule is CC[NH+](CC)CC1CN(c2ncc(N)cc2N)CCO1. The summed E-state index contributed by atoms with van der Waals surface area (Å²) in [6.07, 6.45) is 1.89. The van der Waals surface area contributed by atoms with Crippen molar-refractivity contribution in [3.63, 3.8) is 0 Å². The second-order valence-corrected chi connectivity index (χ2v) is 5.28. The molecular formula is C14H26N5O+. The third-order valence-electron chi connectivity index (χ3n) is 3.87. The molecule has 112 valence electrons. The number of hydrogen-bond acceptors (Lipinski definition) is 5. The van der Waals surface area contributed by atoms with E-state index >= 15 is 0 Å². The molecule has 1 fully saturated rings. The van der Waals surface area contributed by atoms with Crippen molar-refractivity contribution in [3.8, 4) is 0 Å². The van der Waals surface area contributed by atoms with Crippen LogP contribution in [-0.4, -0.2) is 50.4 Å². The first-order chi connectivity index (χ1) is 9.63. The van der Waals surface area contributed by atoms with Gasteiger partial charge in [0.25, 0.3) is 0 Å². The van der Waals surface area contributed by atoms with Crippen LogP contribution in [0.3, 0.4) is 0 Å². The van der Waals surface area contributed by atoms with Crippen LogP contribution in [0.2, 0.25) is 0 Å². The molecular weight excluding hydrogens is 254 g/mol. The van der Waals surface area contributed by atoms with Crippen LogP contribution in [0.4, 0.5) is 17.2 Å². The predicted molar refractivity (Wildman–Crippen MR) is 81.9 cm³/mol. The zero-order valence-corrected chi connectivity index (χ0v) is 12.4. The van der Waals surface area contributed by atoms with Crippen molar-refractivity contribution in [2.45, 2.75) is 20.0 Å². The summed E-state index contributed by atoms with van der Waals surface area (Å²) in [5.74, 6) is 0.821. The van der Waals surface area contributed by atoms with Crippen molar-refractivity contribution in [3.05, 3.63) is 12.3 Å². The van der Waals surface area contributed by atoms with Crippen LogP contribution in [0.15, 0.2) is 12.3 Å². The van der Waals surface area contributed by atoms with Gasteiger partial charge in [-0.05, 0) is 19.9 Å². The van der Waals surface area contributed by atoms with Gasteiger partial charge in [-0.25, -0.2) is 4.98 Å². The lowest BCUT2D eigenvalue weighted by Gasteiger charge is -2.35. The van der Waals surface area contributed by atoms with E-state index in [1.54, 1.807) is 17.2 Å². The van der Waals surface area contributed by atoms with Crippen molar-refractivity contribution in [1.29, 1.82) is 0 Å². The highest BCUT2D eigenvalue weighted by Crippen LogP contribution is 2.23. The normalized spacial score (nSPS) is 19.6. The molecule has 1 aliphatic rings. The van der Waals surface area contributed by atoms with E-state index in [2.05, 4.69) is 23.7 Å². The van der Waals surface area contributed by atoms with Crippen LogP contribution in [0, 0.1) is 0 Å². The molecule has 1 aliphatic heterocycles. The van der Waals surface area contributed by atoms with Crippen molar-refractivity contribution >= 4 is 17.2 Å². The number of likely N-dealkylation sites (N-methyl/N-ethyl adjacent to an activating group) is 1. The first kappa shape index (κ1) is 14.9. The third kappa shape index (κ3) is 3.52. The lowest BCUT2D eigenvalue weighted by atomic mass is 10.2. The number of hydrogen-bond donors (Lipinski definition) is 3. The summed E-state index contributed by atoms with van der Waals surface area (Å²) < 4.78 is 5.87. The van der Waals surface area contributed by atoms with Crippen molar-refractivity contribution in [1.82, 2.24) is 4.98 Å². The molecule has 2 heterocycles. The first-order valence-electron chi connectivity index (χ1n) is 7.35. The largest absolute Gasteiger partial charge is 0.397 e. The maximum Gasteiger partial charge on any atom is 0.152 e. The van der Waals surface area contributed by atoms with Crippen LogP contribution < -0.4 is 21.3 Å². The van der Waals surface area contributed by atoms with Gasteiger partial charge in [-0.15, -0.1) is 0 Å². The Balaban J connectivity index is 2.02. The molecule has 1 atom stereocenters. The second kappa shape index (κ2) is 6.76. The van der Waals surface area contributed by atoms with Gasteiger partial charge in [-0.1, -0.05) is 0 Å². The van der Waals surface area contributed by atoms with Gasteiger partial charge in [0.2, 0.25) is 0 Å². The highest BCUT2D eigenvalue weighted by atomic mass is 16.5. The standard InChI is InChI=1S/C14H25N5O/c1-3-18(4-2)9-12-10-19(5-6-20-12)14-13(16)7-11(15)8-17-14/h7-8,12H,3-6,9-10,15-16H2,1-2H3/p+1. The van der Waals surface area contributed by atoms with Crippen LogP contribution in [0.5, 0.6) is 0 Å². The fourth-order valence-corrected chi connectivity index (χ4v) is 2.65. The summed E-state index contributed by atoms with van der Waals surface area (Å²) in [5, 5.41) is 0. The highest BCUT2D eigenvalue weighted by Gasteiger charge is 2.25. The Hall–Kier alpha value is -1.53. The molecule has 1 saturated heterocycles. The third-order valence-corrected chi connectivity index (χ3v) is 3.87. The summed E-state index contributed by atoms with van der Waals surface area (Å²) in [7, 11) is 0. The monoisotopic (exact) mass is 280 g/mol. The first-order valence-corrected chi connectivity index (χ1v) is 7.35. The van der Waals surface area contributed by atoms with E-state index in [-0.39, 0.29) is 6.10 Å². The van der Waals surface area contributed by atoms with Crippen LogP contribution in [0.1, 0.15) is 13.8 Å². The van der Waals surface area contributed by atoms with E-state index in [1.165, 1.54) is 0 Å². The van der Waals surface area contributed by atoms with Crippen LogP contribution in [-0.2, 0) is 4.74 Å². The van der Waals surface area contributed by atoms with E-state index in [0.29, 0.717) is 11.4 Å². The molecule has 1 aromatic heterocycles. The Labute approximate surface area is 120 Å². The maximum atomic E-state index is 6.02. The molecule has 20 heavy (non-hydrogen) atoms. The minimum Gasteiger partial charge on any atom is -0.397 e. The molecule has 2 rings (SSSR count). The van der Waals surface area contributed by atoms with E-state index in [4.69, 9.17) is 16.2 Å². The molecule has 1 aromatic rings. The molecule has 0 saturated carbocycles. The molecule has 5 N–H and O–H groups in total. The Morgan fingerprint density at radius 2 is 2.15 bits per heavy atom. The molecule has 0 aliphatic carbocycles. The van der Waals surface area contributed by atoms with Crippen molar-refractivity contribution < 1.29 is 9.64 Å². The number of ether oxygens (including phenoxy) is 1. The van der Waals surface area contributed by atoms with E-state index in [0.717, 1.165) is 45.1 Å². The minimum absolute atomic E-state index is 0.234. The topological polar surface area (TPSA) is 81.8 Å². The Bertz CT molecular complexity index is 436. The summed E-state index contributed by atoms with van der Waals surface area (Å²) >= 11 is 0. The number of anilines is 3. The molecule has 1 unspecified atom stereocenters. The Kier molecular flexibility index (Phi) is 5.03. The van der Waals surface area contributed by atoms with E-state index in [1.807, 2.05) is 0 Å². The van der Waals surface area contributed by atoms with Gasteiger partial charge in [0.1, 0.15) is 12.6 Å². The second-order valence-electron chi connectivity index (χ2n) is 5.28. The average molecular weight is 280 g/mol. The molecule has 6 nitrogen and oxygen atoms in total. The van der Waals surface area contributed by atoms with Gasteiger partial charge >= 0.3 is 0 Å². The fourth-order valence-electron chi connectivity index (χ4n) is 2.65. The number of pyridine rings is 1. The Morgan fingerprint density at radius 3 is 2.80 bits per heavy atom. The smallest absolute Gasteiger partial charge is 0.152 e. The highest BCUT2D eigenvalue weighted by molar-refractivity contribution is 5.67. The number of rotatable bonds is 5. The molecule has 0 spiro atoms. The summed E-state index contributed by atoms with van der Waals surface area (Å²) in [5.41, 5.74) is 13.0. The Morgan fingerprint density at radius 1 is 1.40 bits per heavy atom. The van der Waals surface area contributed by atoms with Gasteiger partial charge in [0, 0.05) is 6.54 Å². The number of nitrogens with two attached hydrogens (primary N) is 2. The van der Waals surface area contributed by atoms with Gasteiger partial charge < -0.3 is 26.0 Å². The number of nitrogen functional groups attached to an aromatic ring is 2. The number of nitrogens with zero attached hydrogens (tertiary/aromatic N) is 2.